The van der Waals surface area contributed by atoms with Crippen LogP contribution in [0.15, 0.2) is 24.3 Å². The van der Waals surface area contributed by atoms with E-state index in [2.05, 4.69) is 12.1 Å². The van der Waals surface area contributed by atoms with Gasteiger partial charge >= 0.3 is 0 Å². The summed E-state index contributed by atoms with van der Waals surface area (Å²) in [5.41, 5.74) is 2.47. The van der Waals surface area contributed by atoms with E-state index in [1.165, 1.54) is 11.1 Å². The quantitative estimate of drug-likeness (QED) is 0.886. The lowest BCUT2D eigenvalue weighted by Gasteiger charge is -2.38. The van der Waals surface area contributed by atoms with Gasteiger partial charge in [0.05, 0.1) is 31.8 Å². The average molecular weight is 275 g/mol. The summed E-state index contributed by atoms with van der Waals surface area (Å²) in [6.07, 6.45) is 3.03. The molecule has 1 aromatic rings. The van der Waals surface area contributed by atoms with Crippen LogP contribution in [-0.2, 0) is 16.0 Å². The van der Waals surface area contributed by atoms with E-state index in [1.54, 1.807) is 0 Å². The fourth-order valence-electron chi connectivity index (χ4n) is 3.31. The minimum absolute atomic E-state index is 0.0277. The Morgan fingerprint density at radius 2 is 2.25 bits per heavy atom. The second-order valence-electron chi connectivity index (χ2n) is 5.59. The lowest BCUT2D eigenvalue weighted by atomic mass is 9.82. The first kappa shape index (κ1) is 13.6. The molecular formula is C16H21NO3. The van der Waals surface area contributed by atoms with Crippen LogP contribution in [0.1, 0.15) is 29.9 Å². The molecule has 108 valence electrons. The van der Waals surface area contributed by atoms with Gasteiger partial charge in [-0.3, -0.25) is 4.79 Å². The van der Waals surface area contributed by atoms with Gasteiger partial charge in [-0.2, -0.15) is 0 Å². The van der Waals surface area contributed by atoms with E-state index in [1.807, 2.05) is 17.0 Å². The third-order valence-electron chi connectivity index (χ3n) is 4.39. The molecule has 1 amide bonds. The SMILES string of the molecule is O=C(C1CCCc2ccccc21)N1CCOCC1CO. The lowest BCUT2D eigenvalue weighted by Crippen LogP contribution is -2.52. The van der Waals surface area contributed by atoms with Crippen LogP contribution in [0.4, 0.5) is 0 Å². The van der Waals surface area contributed by atoms with Gasteiger partial charge in [-0.05, 0) is 30.4 Å². The predicted molar refractivity (Wildman–Crippen MR) is 75.5 cm³/mol. The molecule has 1 fully saturated rings. The molecule has 20 heavy (non-hydrogen) atoms. The van der Waals surface area contributed by atoms with Gasteiger partial charge in [0, 0.05) is 6.54 Å². The summed E-state index contributed by atoms with van der Waals surface area (Å²) in [7, 11) is 0. The maximum Gasteiger partial charge on any atom is 0.230 e. The lowest BCUT2D eigenvalue weighted by molar-refractivity contribution is -0.143. The number of aliphatic hydroxyl groups is 1. The summed E-state index contributed by atoms with van der Waals surface area (Å²) >= 11 is 0. The first-order valence-electron chi connectivity index (χ1n) is 7.38. The highest BCUT2D eigenvalue weighted by atomic mass is 16.5. The van der Waals surface area contributed by atoms with Crippen molar-refractivity contribution in [3.8, 4) is 0 Å². The van der Waals surface area contributed by atoms with Crippen molar-refractivity contribution in [1.82, 2.24) is 4.90 Å². The smallest absolute Gasteiger partial charge is 0.230 e. The Morgan fingerprint density at radius 1 is 1.40 bits per heavy atom. The molecule has 1 N–H and O–H groups in total. The van der Waals surface area contributed by atoms with Gasteiger partial charge in [-0.1, -0.05) is 24.3 Å². The molecule has 1 saturated heterocycles. The number of carbonyl (C=O) groups is 1. The van der Waals surface area contributed by atoms with Crippen LogP contribution in [0.5, 0.6) is 0 Å². The second kappa shape index (κ2) is 5.94. The Morgan fingerprint density at radius 3 is 3.10 bits per heavy atom. The Hall–Kier alpha value is -1.39. The molecule has 4 nitrogen and oxygen atoms in total. The molecule has 0 spiro atoms. The number of ether oxygens (including phenoxy) is 1. The van der Waals surface area contributed by atoms with Crippen molar-refractivity contribution in [2.24, 2.45) is 0 Å². The van der Waals surface area contributed by atoms with Crippen molar-refractivity contribution >= 4 is 5.91 Å². The van der Waals surface area contributed by atoms with Crippen LogP contribution < -0.4 is 0 Å². The van der Waals surface area contributed by atoms with E-state index >= 15 is 0 Å². The summed E-state index contributed by atoms with van der Waals surface area (Å²) < 4.78 is 5.36. The largest absolute Gasteiger partial charge is 0.394 e. The zero-order chi connectivity index (χ0) is 13.9. The molecule has 1 aromatic carbocycles. The van der Waals surface area contributed by atoms with Crippen LogP contribution in [0, 0.1) is 0 Å². The zero-order valence-electron chi connectivity index (χ0n) is 11.6. The van der Waals surface area contributed by atoms with Gasteiger partial charge in [-0.25, -0.2) is 0 Å². The number of rotatable bonds is 2. The summed E-state index contributed by atoms with van der Waals surface area (Å²) in [5, 5.41) is 9.43. The number of benzene rings is 1. The minimum atomic E-state index is -0.190. The normalized spacial score (nSPS) is 26.1. The number of aryl methyl sites for hydroxylation is 1. The minimum Gasteiger partial charge on any atom is -0.394 e. The molecule has 3 rings (SSSR count). The molecule has 1 aliphatic carbocycles. The summed E-state index contributed by atoms with van der Waals surface area (Å²) in [6.45, 7) is 1.57. The van der Waals surface area contributed by atoms with Crippen molar-refractivity contribution in [2.75, 3.05) is 26.4 Å². The number of aliphatic hydroxyl groups excluding tert-OH is 1. The Balaban J connectivity index is 1.84. The Bertz CT molecular complexity index is 488. The van der Waals surface area contributed by atoms with Crippen molar-refractivity contribution < 1.29 is 14.6 Å². The highest BCUT2D eigenvalue weighted by Crippen LogP contribution is 2.33. The van der Waals surface area contributed by atoms with E-state index in [0.717, 1.165) is 19.3 Å². The highest BCUT2D eigenvalue weighted by molar-refractivity contribution is 5.84. The van der Waals surface area contributed by atoms with Crippen molar-refractivity contribution in [1.29, 1.82) is 0 Å². The third-order valence-corrected chi connectivity index (χ3v) is 4.39. The van der Waals surface area contributed by atoms with Crippen molar-refractivity contribution in [2.45, 2.75) is 31.2 Å². The van der Waals surface area contributed by atoms with Crippen LogP contribution in [0.3, 0.4) is 0 Å². The molecule has 0 aromatic heterocycles. The van der Waals surface area contributed by atoms with E-state index in [0.29, 0.717) is 19.8 Å². The van der Waals surface area contributed by atoms with Gasteiger partial charge in [0.25, 0.3) is 0 Å². The first-order valence-corrected chi connectivity index (χ1v) is 7.38. The number of amides is 1. The molecule has 2 unspecified atom stereocenters. The third kappa shape index (κ3) is 2.45. The number of fused-ring (bicyclic) bond motifs is 1. The van der Waals surface area contributed by atoms with E-state index in [9.17, 15) is 9.90 Å². The van der Waals surface area contributed by atoms with Crippen molar-refractivity contribution in [3.05, 3.63) is 35.4 Å². The van der Waals surface area contributed by atoms with Gasteiger partial charge in [-0.15, -0.1) is 0 Å². The first-order chi connectivity index (χ1) is 9.81. The molecular weight excluding hydrogens is 254 g/mol. The van der Waals surface area contributed by atoms with Crippen LogP contribution in [0.25, 0.3) is 0 Å². The maximum absolute atomic E-state index is 12.8. The van der Waals surface area contributed by atoms with Gasteiger partial charge in [0.1, 0.15) is 0 Å². The molecule has 2 atom stereocenters. The standard InChI is InChI=1S/C16H21NO3/c18-10-13-11-20-9-8-17(13)16(19)15-7-3-5-12-4-1-2-6-14(12)15/h1-2,4,6,13,15,18H,3,5,7-11H2. The topological polar surface area (TPSA) is 49.8 Å². The van der Waals surface area contributed by atoms with Gasteiger partial charge in [0.2, 0.25) is 5.91 Å². The summed E-state index contributed by atoms with van der Waals surface area (Å²) in [4.78, 5) is 14.7. The molecule has 0 saturated carbocycles. The monoisotopic (exact) mass is 275 g/mol. The summed E-state index contributed by atoms with van der Waals surface area (Å²) in [6, 6.07) is 8.05. The highest BCUT2D eigenvalue weighted by Gasteiger charge is 2.34. The number of hydrogen-bond acceptors (Lipinski definition) is 3. The molecule has 2 aliphatic rings. The molecule has 4 heteroatoms. The number of hydrogen-bond donors (Lipinski definition) is 1. The Kier molecular flexibility index (Phi) is 4.03. The van der Waals surface area contributed by atoms with Gasteiger partial charge in [0.15, 0.2) is 0 Å². The molecule has 1 aliphatic heterocycles. The van der Waals surface area contributed by atoms with Crippen molar-refractivity contribution in [3.63, 3.8) is 0 Å². The fourth-order valence-corrected chi connectivity index (χ4v) is 3.31. The van der Waals surface area contributed by atoms with Gasteiger partial charge < -0.3 is 14.7 Å². The van der Waals surface area contributed by atoms with Crippen LogP contribution in [-0.4, -0.2) is 48.3 Å². The predicted octanol–water partition coefficient (Wildman–Crippen LogP) is 1.33. The summed E-state index contributed by atoms with van der Waals surface area (Å²) in [5.74, 6) is 0.103. The number of carbonyl (C=O) groups excluding carboxylic acids is 1. The second-order valence-corrected chi connectivity index (χ2v) is 5.59. The Labute approximate surface area is 119 Å². The maximum atomic E-state index is 12.8. The van der Waals surface area contributed by atoms with Crippen LogP contribution in [0.2, 0.25) is 0 Å². The number of morpholine rings is 1. The van der Waals surface area contributed by atoms with E-state index in [4.69, 9.17) is 4.74 Å². The molecule has 1 heterocycles. The molecule has 0 bridgehead atoms. The van der Waals surface area contributed by atoms with E-state index < -0.39 is 0 Å². The van der Waals surface area contributed by atoms with Crippen LogP contribution >= 0.6 is 0 Å². The number of nitrogens with zero attached hydrogens (tertiary/aromatic N) is 1. The fraction of sp³-hybridized carbons (Fsp3) is 0.562. The average Bonchev–Trinajstić information content (AvgIpc) is 2.53. The molecule has 0 radical (unpaired) electrons. The van der Waals surface area contributed by atoms with E-state index in [-0.39, 0.29) is 24.5 Å². The zero-order valence-corrected chi connectivity index (χ0v) is 11.6.